The lowest BCUT2D eigenvalue weighted by molar-refractivity contribution is -0.137. The Bertz CT molecular complexity index is 900. The van der Waals surface area contributed by atoms with E-state index in [1.807, 2.05) is 12.1 Å². The van der Waals surface area contributed by atoms with Crippen molar-refractivity contribution in [2.45, 2.75) is 13.1 Å². The number of halogens is 4. The van der Waals surface area contributed by atoms with Gasteiger partial charge >= 0.3 is 6.18 Å². The molecule has 6 nitrogen and oxygen atoms in total. The molecular weight excluding hydrogens is 409 g/mol. The Labute approximate surface area is 171 Å². The number of carbonyl (C=O) groups is 1. The van der Waals surface area contributed by atoms with E-state index in [9.17, 15) is 18.0 Å². The van der Waals surface area contributed by atoms with Gasteiger partial charge in [-0.1, -0.05) is 11.6 Å². The number of nitrogens with one attached hydrogen (secondary N) is 1. The highest BCUT2D eigenvalue weighted by Crippen LogP contribution is 2.36. The van der Waals surface area contributed by atoms with Crippen molar-refractivity contribution in [1.29, 1.82) is 0 Å². The number of piperazine rings is 1. The quantitative estimate of drug-likeness (QED) is 0.740. The number of hydrogen-bond acceptors (Lipinski definition) is 5. The SMILES string of the molecule is COc1cc(N2CCN(C(C)=O)CC2)ccc1Nc1ccc(C(F)(F)F)c(Cl)n1. The van der Waals surface area contributed by atoms with E-state index in [4.69, 9.17) is 16.3 Å². The molecule has 1 amide bonds. The van der Waals surface area contributed by atoms with E-state index in [2.05, 4.69) is 15.2 Å². The lowest BCUT2D eigenvalue weighted by Crippen LogP contribution is -2.48. The van der Waals surface area contributed by atoms with E-state index >= 15 is 0 Å². The van der Waals surface area contributed by atoms with Gasteiger partial charge in [0.25, 0.3) is 0 Å². The van der Waals surface area contributed by atoms with Gasteiger partial charge in [0.1, 0.15) is 16.7 Å². The number of carbonyl (C=O) groups excluding carboxylic acids is 1. The average Bonchev–Trinajstić information content (AvgIpc) is 2.67. The molecule has 0 unspecified atom stereocenters. The Kier molecular flexibility index (Phi) is 6.07. The van der Waals surface area contributed by atoms with Gasteiger partial charge in [-0.3, -0.25) is 4.79 Å². The summed E-state index contributed by atoms with van der Waals surface area (Å²) in [5.41, 5.74) is 0.479. The minimum absolute atomic E-state index is 0.0597. The zero-order valence-corrected chi connectivity index (χ0v) is 16.6. The zero-order chi connectivity index (χ0) is 21.2. The molecule has 1 fully saturated rings. The maximum atomic E-state index is 12.8. The van der Waals surface area contributed by atoms with Crippen LogP contribution in [0.15, 0.2) is 30.3 Å². The van der Waals surface area contributed by atoms with Crippen molar-refractivity contribution < 1.29 is 22.7 Å². The number of benzene rings is 1. The second-order valence-corrected chi connectivity index (χ2v) is 6.89. The van der Waals surface area contributed by atoms with Crippen LogP contribution in [0.25, 0.3) is 0 Å². The summed E-state index contributed by atoms with van der Waals surface area (Å²) in [4.78, 5) is 19.2. The van der Waals surface area contributed by atoms with E-state index in [0.717, 1.165) is 11.8 Å². The van der Waals surface area contributed by atoms with Gasteiger partial charge in [-0.05, 0) is 24.3 Å². The summed E-state index contributed by atoms with van der Waals surface area (Å²) in [5, 5.41) is 2.31. The topological polar surface area (TPSA) is 57.7 Å². The molecule has 0 spiro atoms. The van der Waals surface area contributed by atoms with Gasteiger partial charge in [-0.25, -0.2) is 4.98 Å². The zero-order valence-electron chi connectivity index (χ0n) is 15.9. The van der Waals surface area contributed by atoms with Crippen LogP contribution in [-0.4, -0.2) is 49.1 Å². The third kappa shape index (κ3) is 4.84. The number of hydrogen-bond donors (Lipinski definition) is 1. The van der Waals surface area contributed by atoms with E-state index < -0.39 is 16.9 Å². The summed E-state index contributed by atoms with van der Waals surface area (Å²) in [5.74, 6) is 0.739. The van der Waals surface area contributed by atoms with Crippen molar-refractivity contribution in [1.82, 2.24) is 9.88 Å². The van der Waals surface area contributed by atoms with Crippen molar-refractivity contribution in [2.75, 3.05) is 43.5 Å². The molecule has 10 heteroatoms. The molecule has 1 saturated heterocycles. The summed E-state index contributed by atoms with van der Waals surface area (Å²) in [6.45, 7) is 4.25. The van der Waals surface area contributed by atoms with Crippen LogP contribution in [0.2, 0.25) is 5.15 Å². The highest BCUT2D eigenvalue weighted by Gasteiger charge is 2.34. The van der Waals surface area contributed by atoms with Crippen LogP contribution >= 0.6 is 11.6 Å². The lowest BCUT2D eigenvalue weighted by Gasteiger charge is -2.35. The van der Waals surface area contributed by atoms with E-state index in [-0.39, 0.29) is 11.7 Å². The molecule has 29 heavy (non-hydrogen) atoms. The van der Waals surface area contributed by atoms with Gasteiger partial charge in [0.2, 0.25) is 5.91 Å². The van der Waals surface area contributed by atoms with Crippen LogP contribution in [0.3, 0.4) is 0 Å². The van der Waals surface area contributed by atoms with E-state index in [1.165, 1.54) is 13.2 Å². The van der Waals surface area contributed by atoms with Crippen LogP contribution < -0.4 is 15.0 Å². The third-order valence-corrected chi connectivity index (χ3v) is 4.98. The molecule has 1 aromatic heterocycles. The van der Waals surface area contributed by atoms with Crippen molar-refractivity contribution >= 4 is 34.7 Å². The standard InChI is InChI=1S/C19H20ClF3N4O2/c1-12(28)26-7-9-27(10-8-26)13-3-5-15(16(11-13)29-2)24-17-6-4-14(18(20)25-17)19(21,22)23/h3-6,11H,7-10H2,1-2H3,(H,24,25). The summed E-state index contributed by atoms with van der Waals surface area (Å²) in [6, 6.07) is 7.56. The molecule has 0 radical (unpaired) electrons. The third-order valence-electron chi connectivity index (χ3n) is 4.69. The minimum atomic E-state index is -4.56. The smallest absolute Gasteiger partial charge is 0.419 e. The largest absolute Gasteiger partial charge is 0.494 e. The normalized spacial score (nSPS) is 14.7. The minimum Gasteiger partial charge on any atom is -0.494 e. The van der Waals surface area contributed by atoms with E-state index in [0.29, 0.717) is 37.6 Å². The summed E-state index contributed by atoms with van der Waals surface area (Å²) < 4.78 is 43.9. The fraction of sp³-hybridized carbons (Fsp3) is 0.368. The first-order valence-corrected chi connectivity index (χ1v) is 9.26. The highest BCUT2D eigenvalue weighted by molar-refractivity contribution is 6.30. The molecule has 1 aliphatic heterocycles. The van der Waals surface area contributed by atoms with Crippen LogP contribution in [-0.2, 0) is 11.0 Å². The fourth-order valence-electron chi connectivity index (χ4n) is 3.11. The van der Waals surface area contributed by atoms with Crippen LogP contribution in [0.5, 0.6) is 5.75 Å². The predicted molar refractivity (Wildman–Crippen MR) is 105 cm³/mol. The number of amides is 1. The Balaban J connectivity index is 1.76. The van der Waals surface area contributed by atoms with Gasteiger partial charge < -0.3 is 19.9 Å². The number of alkyl halides is 3. The Morgan fingerprint density at radius 1 is 1.17 bits per heavy atom. The number of methoxy groups -OCH3 is 1. The monoisotopic (exact) mass is 428 g/mol. The summed E-state index contributed by atoms with van der Waals surface area (Å²) >= 11 is 5.68. The first-order valence-electron chi connectivity index (χ1n) is 8.88. The van der Waals surface area contributed by atoms with Crippen molar-refractivity contribution in [2.24, 2.45) is 0 Å². The Morgan fingerprint density at radius 2 is 1.86 bits per heavy atom. The van der Waals surface area contributed by atoms with Crippen LogP contribution in [0, 0.1) is 0 Å². The molecule has 0 atom stereocenters. The second-order valence-electron chi connectivity index (χ2n) is 6.54. The first-order chi connectivity index (χ1) is 13.7. The number of anilines is 3. The molecule has 1 aromatic carbocycles. The number of rotatable bonds is 4. The van der Waals surface area contributed by atoms with Crippen molar-refractivity contribution in [3.05, 3.63) is 41.0 Å². The molecule has 156 valence electrons. The Hall–Kier alpha value is -2.68. The average molecular weight is 429 g/mol. The molecule has 0 bridgehead atoms. The van der Waals surface area contributed by atoms with E-state index in [1.54, 1.807) is 17.9 Å². The van der Waals surface area contributed by atoms with Crippen molar-refractivity contribution in [3.8, 4) is 5.75 Å². The highest BCUT2D eigenvalue weighted by atomic mass is 35.5. The van der Waals surface area contributed by atoms with Crippen molar-refractivity contribution in [3.63, 3.8) is 0 Å². The fourth-order valence-corrected chi connectivity index (χ4v) is 3.37. The van der Waals surface area contributed by atoms with Crippen LogP contribution in [0.1, 0.15) is 12.5 Å². The molecule has 0 saturated carbocycles. The molecule has 1 aliphatic rings. The molecule has 3 rings (SSSR count). The van der Waals surface area contributed by atoms with Gasteiger partial charge in [-0.2, -0.15) is 13.2 Å². The maximum Gasteiger partial charge on any atom is 0.419 e. The van der Waals surface area contributed by atoms with Gasteiger partial charge in [0.15, 0.2) is 0 Å². The van der Waals surface area contributed by atoms with Gasteiger partial charge in [0, 0.05) is 44.9 Å². The van der Waals surface area contributed by atoms with Gasteiger partial charge in [0.05, 0.1) is 18.4 Å². The first kappa shape index (κ1) is 21.0. The Morgan fingerprint density at radius 3 is 2.41 bits per heavy atom. The number of aromatic nitrogens is 1. The maximum absolute atomic E-state index is 12.8. The predicted octanol–water partition coefficient (Wildman–Crippen LogP) is 4.17. The molecule has 0 aliphatic carbocycles. The number of ether oxygens (including phenoxy) is 1. The molecule has 1 N–H and O–H groups in total. The number of nitrogens with zero attached hydrogens (tertiary/aromatic N) is 3. The lowest BCUT2D eigenvalue weighted by atomic mass is 10.2. The molecular formula is C19H20ClF3N4O2. The molecule has 2 aromatic rings. The second kappa shape index (κ2) is 8.36. The number of pyridine rings is 1. The summed E-state index contributed by atoms with van der Waals surface area (Å²) in [6.07, 6.45) is -4.56. The summed E-state index contributed by atoms with van der Waals surface area (Å²) in [7, 11) is 1.51. The molecule has 2 heterocycles. The van der Waals surface area contributed by atoms with Crippen LogP contribution in [0.4, 0.5) is 30.4 Å². The van der Waals surface area contributed by atoms with Gasteiger partial charge in [-0.15, -0.1) is 0 Å².